The van der Waals surface area contributed by atoms with Crippen molar-refractivity contribution in [1.82, 2.24) is 15.1 Å². The number of morpholine rings is 1. The van der Waals surface area contributed by atoms with Gasteiger partial charge in [-0.15, -0.1) is 0 Å². The Hall–Kier alpha value is -2.65. The largest absolute Gasteiger partial charge is 0.379 e. The zero-order valence-electron chi connectivity index (χ0n) is 18.4. The predicted molar refractivity (Wildman–Crippen MR) is 117 cm³/mol. The summed E-state index contributed by atoms with van der Waals surface area (Å²) in [5.74, 6) is -1.72. The first-order chi connectivity index (χ1) is 14.9. The van der Waals surface area contributed by atoms with E-state index in [0.717, 1.165) is 24.3 Å². The van der Waals surface area contributed by atoms with Crippen molar-refractivity contribution in [2.24, 2.45) is 11.7 Å². The number of hydrogen-bond acceptors (Lipinski definition) is 6. The number of benzene rings is 1. The van der Waals surface area contributed by atoms with Crippen LogP contribution in [0, 0.1) is 5.92 Å². The molecule has 3 amide bonds. The van der Waals surface area contributed by atoms with Crippen LogP contribution in [0.25, 0.3) is 0 Å². The smallest absolute Gasteiger partial charge is 0.311 e. The molecule has 2 saturated heterocycles. The number of piperidine rings is 1. The van der Waals surface area contributed by atoms with Gasteiger partial charge < -0.3 is 25.6 Å². The minimum absolute atomic E-state index is 0.0440. The van der Waals surface area contributed by atoms with Crippen molar-refractivity contribution < 1.29 is 19.1 Å². The number of amides is 3. The average molecular weight is 432 g/mol. The minimum atomic E-state index is -0.610. The summed E-state index contributed by atoms with van der Waals surface area (Å²) in [7, 11) is 3.99. The maximum absolute atomic E-state index is 12.6. The van der Waals surface area contributed by atoms with E-state index in [1.165, 1.54) is 4.90 Å². The molecule has 0 aromatic heterocycles. The summed E-state index contributed by atoms with van der Waals surface area (Å²) in [5.41, 5.74) is 7.53. The van der Waals surface area contributed by atoms with Gasteiger partial charge >= 0.3 is 11.8 Å². The topological polar surface area (TPSA) is 108 Å². The van der Waals surface area contributed by atoms with E-state index in [1.54, 1.807) is 0 Å². The van der Waals surface area contributed by atoms with Crippen LogP contribution in [0.15, 0.2) is 24.3 Å². The number of nitrogens with zero attached hydrogens (tertiary/aromatic N) is 3. The predicted octanol–water partition coefficient (Wildman–Crippen LogP) is -0.0340. The van der Waals surface area contributed by atoms with Crippen LogP contribution in [-0.4, -0.2) is 87.6 Å². The van der Waals surface area contributed by atoms with Gasteiger partial charge in [0.15, 0.2) is 0 Å². The van der Waals surface area contributed by atoms with E-state index < -0.39 is 11.8 Å². The maximum Gasteiger partial charge on any atom is 0.311 e. The Labute approximate surface area is 183 Å². The number of hydrogen-bond donors (Lipinski definition) is 2. The maximum atomic E-state index is 12.6. The van der Waals surface area contributed by atoms with Crippen LogP contribution in [-0.2, 0) is 19.1 Å². The van der Waals surface area contributed by atoms with Gasteiger partial charge in [0.05, 0.1) is 19.3 Å². The third kappa shape index (κ3) is 5.95. The molecule has 1 aromatic rings. The number of primary amides is 1. The highest BCUT2D eigenvalue weighted by atomic mass is 16.5. The summed E-state index contributed by atoms with van der Waals surface area (Å²) in [4.78, 5) is 42.3. The molecule has 0 bridgehead atoms. The fraction of sp³-hybridized carbons (Fsp3) is 0.591. The molecule has 2 aliphatic rings. The van der Waals surface area contributed by atoms with Crippen molar-refractivity contribution in [3.05, 3.63) is 29.8 Å². The fourth-order valence-electron chi connectivity index (χ4n) is 4.12. The number of anilines is 1. The van der Waals surface area contributed by atoms with Crippen LogP contribution in [0.5, 0.6) is 0 Å². The lowest BCUT2D eigenvalue weighted by atomic mass is 9.96. The van der Waals surface area contributed by atoms with E-state index in [9.17, 15) is 14.4 Å². The second-order valence-corrected chi connectivity index (χ2v) is 8.33. The summed E-state index contributed by atoms with van der Waals surface area (Å²) < 4.78 is 5.48. The highest BCUT2D eigenvalue weighted by Gasteiger charge is 2.30. The Morgan fingerprint density at radius 1 is 1.10 bits per heavy atom. The molecule has 1 aromatic carbocycles. The molecule has 0 spiro atoms. The van der Waals surface area contributed by atoms with Gasteiger partial charge in [-0.05, 0) is 30.5 Å². The monoisotopic (exact) mass is 431 g/mol. The molecule has 3 N–H and O–H groups in total. The highest BCUT2D eigenvalue weighted by Crippen LogP contribution is 2.24. The lowest BCUT2D eigenvalue weighted by Crippen LogP contribution is -2.50. The van der Waals surface area contributed by atoms with E-state index >= 15 is 0 Å². The number of likely N-dealkylation sites (tertiary alicyclic amines) is 1. The lowest BCUT2D eigenvalue weighted by molar-refractivity contribution is -0.147. The molecule has 0 unspecified atom stereocenters. The molecule has 0 saturated carbocycles. The number of rotatable bonds is 6. The first kappa shape index (κ1) is 23.0. The standard InChI is InChI=1S/C22H33N5O4/c1-25(2)18-5-3-16(4-6-18)19(26-11-13-31-14-12-26)15-24-21(29)22(30)27-9-7-17(8-10-27)20(23)28/h3-6,17,19H,7-15H2,1-2H3,(H2,23,28)(H,24,29)/t19-/m1/s1. The van der Waals surface area contributed by atoms with Crippen LogP contribution < -0.4 is 16.0 Å². The van der Waals surface area contributed by atoms with Gasteiger partial charge in [0.25, 0.3) is 0 Å². The first-order valence-electron chi connectivity index (χ1n) is 10.8. The van der Waals surface area contributed by atoms with Gasteiger partial charge in [-0.2, -0.15) is 0 Å². The van der Waals surface area contributed by atoms with E-state index in [1.807, 2.05) is 19.0 Å². The molecule has 9 heteroatoms. The third-order valence-corrected chi connectivity index (χ3v) is 6.12. The fourth-order valence-corrected chi connectivity index (χ4v) is 4.12. The number of ether oxygens (including phenoxy) is 1. The number of nitrogens with one attached hydrogen (secondary N) is 1. The zero-order chi connectivity index (χ0) is 22.4. The van der Waals surface area contributed by atoms with Crippen molar-refractivity contribution in [3.63, 3.8) is 0 Å². The molecule has 2 heterocycles. The van der Waals surface area contributed by atoms with Crippen molar-refractivity contribution in [3.8, 4) is 0 Å². The molecule has 1 atom stereocenters. The summed E-state index contributed by atoms with van der Waals surface area (Å²) in [6.07, 6.45) is 1.01. The zero-order valence-corrected chi connectivity index (χ0v) is 18.4. The molecule has 9 nitrogen and oxygen atoms in total. The Kier molecular flexibility index (Phi) is 7.86. The third-order valence-electron chi connectivity index (χ3n) is 6.12. The van der Waals surface area contributed by atoms with E-state index in [4.69, 9.17) is 10.5 Å². The van der Waals surface area contributed by atoms with Gasteiger partial charge in [-0.1, -0.05) is 12.1 Å². The van der Waals surface area contributed by atoms with Gasteiger partial charge in [-0.25, -0.2) is 0 Å². The van der Waals surface area contributed by atoms with E-state index in [2.05, 4.69) is 34.5 Å². The van der Waals surface area contributed by atoms with Crippen molar-refractivity contribution in [1.29, 1.82) is 0 Å². The second kappa shape index (κ2) is 10.6. The number of nitrogens with two attached hydrogens (primary N) is 1. The van der Waals surface area contributed by atoms with Gasteiger partial charge in [-0.3, -0.25) is 19.3 Å². The molecule has 0 aliphatic carbocycles. The second-order valence-electron chi connectivity index (χ2n) is 8.33. The first-order valence-corrected chi connectivity index (χ1v) is 10.8. The average Bonchev–Trinajstić information content (AvgIpc) is 2.79. The minimum Gasteiger partial charge on any atom is -0.379 e. The normalized spacial score (nSPS) is 19.0. The van der Waals surface area contributed by atoms with Crippen LogP contribution in [0.4, 0.5) is 5.69 Å². The van der Waals surface area contributed by atoms with E-state index in [0.29, 0.717) is 45.7 Å². The molecule has 31 heavy (non-hydrogen) atoms. The van der Waals surface area contributed by atoms with Crippen LogP contribution in [0.3, 0.4) is 0 Å². The van der Waals surface area contributed by atoms with Crippen molar-refractivity contribution in [2.75, 3.05) is 64.9 Å². The quantitative estimate of drug-likeness (QED) is 0.613. The molecule has 0 radical (unpaired) electrons. The highest BCUT2D eigenvalue weighted by molar-refractivity contribution is 6.35. The summed E-state index contributed by atoms with van der Waals surface area (Å²) in [5, 5.41) is 2.83. The Balaban J connectivity index is 1.62. The molecule has 2 aliphatic heterocycles. The SMILES string of the molecule is CN(C)c1ccc([C@@H](CNC(=O)C(=O)N2CCC(C(N)=O)CC2)N2CCOCC2)cc1. The Morgan fingerprint density at radius 2 is 1.71 bits per heavy atom. The van der Waals surface area contributed by atoms with Crippen LogP contribution in [0.1, 0.15) is 24.4 Å². The molecule has 3 rings (SSSR count). The van der Waals surface area contributed by atoms with Crippen molar-refractivity contribution >= 4 is 23.4 Å². The molecule has 2 fully saturated rings. The van der Waals surface area contributed by atoms with Gasteiger partial charge in [0.1, 0.15) is 0 Å². The Morgan fingerprint density at radius 3 is 2.26 bits per heavy atom. The molecular weight excluding hydrogens is 398 g/mol. The summed E-state index contributed by atoms with van der Waals surface area (Å²) in [6, 6.07) is 8.20. The molecular formula is C22H33N5O4. The van der Waals surface area contributed by atoms with Crippen molar-refractivity contribution in [2.45, 2.75) is 18.9 Å². The molecule has 170 valence electrons. The Bertz CT molecular complexity index is 769. The van der Waals surface area contributed by atoms with Gasteiger partial charge in [0, 0.05) is 58.4 Å². The number of carbonyl (C=O) groups is 3. The number of carbonyl (C=O) groups excluding carboxylic acids is 3. The summed E-state index contributed by atoms with van der Waals surface area (Å²) >= 11 is 0. The van der Waals surface area contributed by atoms with Gasteiger partial charge in [0.2, 0.25) is 5.91 Å². The lowest BCUT2D eigenvalue weighted by Gasteiger charge is -2.35. The van der Waals surface area contributed by atoms with Crippen LogP contribution in [0.2, 0.25) is 0 Å². The van der Waals surface area contributed by atoms with E-state index in [-0.39, 0.29) is 17.9 Å². The van der Waals surface area contributed by atoms with Crippen LogP contribution >= 0.6 is 0 Å². The summed E-state index contributed by atoms with van der Waals surface area (Å²) in [6.45, 7) is 3.91.